The zero-order valence-corrected chi connectivity index (χ0v) is 9.67. The second-order valence-electron chi connectivity index (χ2n) is 3.33. The van der Waals surface area contributed by atoms with E-state index in [-0.39, 0.29) is 5.69 Å². The second kappa shape index (κ2) is 5.79. The summed E-state index contributed by atoms with van der Waals surface area (Å²) in [7, 11) is 0. The lowest BCUT2D eigenvalue weighted by Gasteiger charge is -2.01. The Morgan fingerprint density at radius 1 is 1.53 bits per heavy atom. The number of ether oxygens (including phenoxy) is 1. The summed E-state index contributed by atoms with van der Waals surface area (Å²) in [6, 6.07) is 4.71. The van der Waals surface area contributed by atoms with Gasteiger partial charge in [-0.3, -0.25) is 10.1 Å². The minimum Gasteiger partial charge on any atom is -0.463 e. The highest BCUT2D eigenvalue weighted by Gasteiger charge is 2.11. The normalized spacial score (nSPS) is 10.5. The van der Waals surface area contributed by atoms with Crippen molar-refractivity contribution in [2.75, 3.05) is 6.61 Å². The summed E-state index contributed by atoms with van der Waals surface area (Å²) in [5.41, 5.74) is 1.20. The van der Waals surface area contributed by atoms with E-state index < -0.39 is 10.9 Å². The molecule has 0 N–H and O–H groups in total. The van der Waals surface area contributed by atoms with Crippen LogP contribution < -0.4 is 0 Å². The van der Waals surface area contributed by atoms with E-state index in [2.05, 4.69) is 0 Å². The molecule has 1 aromatic rings. The fourth-order valence-electron chi connectivity index (χ4n) is 1.37. The van der Waals surface area contributed by atoms with Gasteiger partial charge in [-0.15, -0.1) is 0 Å². The molecule has 17 heavy (non-hydrogen) atoms. The van der Waals surface area contributed by atoms with Crippen LogP contribution in [0.3, 0.4) is 0 Å². The predicted octanol–water partition coefficient (Wildman–Crippen LogP) is 2.48. The molecule has 0 aliphatic heterocycles. The summed E-state index contributed by atoms with van der Waals surface area (Å²) >= 11 is 0. The maximum atomic E-state index is 11.1. The van der Waals surface area contributed by atoms with Crippen molar-refractivity contribution in [3.8, 4) is 0 Å². The Kier molecular flexibility index (Phi) is 4.39. The van der Waals surface area contributed by atoms with Crippen LogP contribution in [0.4, 0.5) is 5.69 Å². The van der Waals surface area contributed by atoms with Crippen LogP contribution in [-0.2, 0) is 9.53 Å². The van der Waals surface area contributed by atoms with Crippen molar-refractivity contribution in [1.82, 2.24) is 0 Å². The minimum atomic E-state index is -0.460. The van der Waals surface area contributed by atoms with Gasteiger partial charge in [0.25, 0.3) is 5.69 Å². The van der Waals surface area contributed by atoms with Crippen molar-refractivity contribution in [1.29, 1.82) is 0 Å². The van der Waals surface area contributed by atoms with E-state index in [0.717, 1.165) is 0 Å². The summed E-state index contributed by atoms with van der Waals surface area (Å²) in [5, 5.41) is 10.7. The van der Waals surface area contributed by atoms with Crippen LogP contribution in [0.5, 0.6) is 0 Å². The van der Waals surface area contributed by atoms with Gasteiger partial charge in [0.1, 0.15) is 0 Å². The molecule has 0 aliphatic rings. The number of nitrogens with zero attached hydrogens (tertiary/aromatic N) is 1. The Morgan fingerprint density at radius 3 is 2.82 bits per heavy atom. The van der Waals surface area contributed by atoms with Crippen molar-refractivity contribution < 1.29 is 14.5 Å². The van der Waals surface area contributed by atoms with Crippen LogP contribution in [0.25, 0.3) is 6.08 Å². The highest BCUT2D eigenvalue weighted by Crippen LogP contribution is 2.21. The number of rotatable bonds is 4. The van der Waals surface area contributed by atoms with Crippen LogP contribution in [0.2, 0.25) is 0 Å². The third-order valence-corrected chi connectivity index (χ3v) is 2.23. The van der Waals surface area contributed by atoms with Gasteiger partial charge in [-0.25, -0.2) is 4.79 Å². The van der Waals surface area contributed by atoms with Crippen LogP contribution >= 0.6 is 0 Å². The van der Waals surface area contributed by atoms with E-state index in [1.165, 1.54) is 18.2 Å². The van der Waals surface area contributed by atoms with Crippen molar-refractivity contribution in [3.63, 3.8) is 0 Å². The minimum absolute atomic E-state index is 0.0380. The Hall–Kier alpha value is -2.17. The molecule has 0 amide bonds. The first kappa shape index (κ1) is 12.9. The van der Waals surface area contributed by atoms with E-state index in [1.54, 1.807) is 26.0 Å². The molecule has 0 radical (unpaired) electrons. The second-order valence-corrected chi connectivity index (χ2v) is 3.33. The molecule has 0 saturated carbocycles. The summed E-state index contributed by atoms with van der Waals surface area (Å²) in [5.74, 6) is -0.460. The highest BCUT2D eigenvalue weighted by molar-refractivity contribution is 5.87. The monoisotopic (exact) mass is 235 g/mol. The maximum Gasteiger partial charge on any atom is 0.330 e. The Morgan fingerprint density at radius 2 is 2.24 bits per heavy atom. The lowest BCUT2D eigenvalue weighted by molar-refractivity contribution is -0.385. The van der Waals surface area contributed by atoms with E-state index in [0.29, 0.717) is 17.7 Å². The number of esters is 1. The van der Waals surface area contributed by atoms with Crippen molar-refractivity contribution in [3.05, 3.63) is 45.5 Å². The van der Waals surface area contributed by atoms with E-state index in [9.17, 15) is 14.9 Å². The molecule has 90 valence electrons. The highest BCUT2D eigenvalue weighted by atomic mass is 16.6. The molecule has 0 unspecified atom stereocenters. The summed E-state index contributed by atoms with van der Waals surface area (Å²) in [4.78, 5) is 21.4. The number of nitro groups is 1. The zero-order chi connectivity index (χ0) is 12.8. The molecule has 5 heteroatoms. The molecule has 0 bridgehead atoms. The number of carbonyl (C=O) groups is 1. The molecule has 0 aromatic heterocycles. The van der Waals surface area contributed by atoms with Crippen LogP contribution in [0.15, 0.2) is 24.3 Å². The summed E-state index contributed by atoms with van der Waals surface area (Å²) in [6.45, 7) is 3.66. The molecule has 5 nitrogen and oxygen atoms in total. The molecule has 0 atom stereocenters. The molecule has 0 aliphatic carbocycles. The first-order valence-corrected chi connectivity index (χ1v) is 5.15. The maximum absolute atomic E-state index is 11.1. The molecular formula is C12H13NO4. The SMILES string of the molecule is CCOC(=O)C=Cc1cccc([N+](=O)[O-])c1C. The van der Waals surface area contributed by atoms with E-state index in [4.69, 9.17) is 4.74 Å². The van der Waals surface area contributed by atoms with Gasteiger partial charge in [-0.2, -0.15) is 0 Å². The van der Waals surface area contributed by atoms with E-state index in [1.807, 2.05) is 0 Å². The van der Waals surface area contributed by atoms with Crippen LogP contribution in [0, 0.1) is 17.0 Å². The van der Waals surface area contributed by atoms with Gasteiger partial charge in [0.15, 0.2) is 0 Å². The van der Waals surface area contributed by atoms with E-state index >= 15 is 0 Å². The standard InChI is InChI=1S/C12H13NO4/c1-3-17-12(14)8-7-10-5-4-6-11(9(10)2)13(15)16/h4-8H,3H2,1-2H3. The largest absolute Gasteiger partial charge is 0.463 e. The van der Waals surface area contributed by atoms with Crippen molar-refractivity contribution in [2.24, 2.45) is 0 Å². The zero-order valence-electron chi connectivity index (χ0n) is 9.67. The molecule has 0 saturated heterocycles. The molecule has 0 fully saturated rings. The van der Waals surface area contributed by atoms with Crippen molar-refractivity contribution in [2.45, 2.75) is 13.8 Å². The van der Waals surface area contributed by atoms with Crippen molar-refractivity contribution >= 4 is 17.7 Å². The number of nitro benzene ring substituents is 1. The molecule has 1 aromatic carbocycles. The summed E-state index contributed by atoms with van der Waals surface area (Å²) in [6.07, 6.45) is 2.77. The van der Waals surface area contributed by atoms with Gasteiger partial charge in [0.05, 0.1) is 11.5 Å². The lowest BCUT2D eigenvalue weighted by atomic mass is 10.1. The molecule has 1 rings (SSSR count). The summed E-state index contributed by atoms with van der Waals surface area (Å²) < 4.78 is 4.72. The fourth-order valence-corrected chi connectivity index (χ4v) is 1.37. The molecular weight excluding hydrogens is 222 g/mol. The van der Waals surface area contributed by atoms with Crippen LogP contribution in [-0.4, -0.2) is 17.5 Å². The molecule has 0 heterocycles. The van der Waals surface area contributed by atoms with Gasteiger partial charge in [0.2, 0.25) is 0 Å². The quantitative estimate of drug-likeness (QED) is 0.348. The van der Waals surface area contributed by atoms with Crippen LogP contribution in [0.1, 0.15) is 18.1 Å². The number of benzene rings is 1. The Labute approximate surface area is 98.9 Å². The van der Waals surface area contributed by atoms with Gasteiger partial charge in [-0.05, 0) is 25.5 Å². The third kappa shape index (κ3) is 3.41. The van der Waals surface area contributed by atoms with Gasteiger partial charge in [-0.1, -0.05) is 12.1 Å². The fraction of sp³-hybridized carbons (Fsp3) is 0.250. The van der Waals surface area contributed by atoms with Gasteiger partial charge >= 0.3 is 5.97 Å². The molecule has 0 spiro atoms. The van der Waals surface area contributed by atoms with Gasteiger partial charge in [0, 0.05) is 17.7 Å². The number of hydrogen-bond acceptors (Lipinski definition) is 4. The van der Waals surface area contributed by atoms with Gasteiger partial charge < -0.3 is 4.74 Å². The third-order valence-electron chi connectivity index (χ3n) is 2.23. The average molecular weight is 235 g/mol. The smallest absolute Gasteiger partial charge is 0.330 e. The average Bonchev–Trinajstić information content (AvgIpc) is 2.27. The Balaban J connectivity index is 2.96. The first-order valence-electron chi connectivity index (χ1n) is 5.15. The number of hydrogen-bond donors (Lipinski definition) is 0. The lowest BCUT2D eigenvalue weighted by Crippen LogP contribution is -1.99. The predicted molar refractivity (Wildman–Crippen MR) is 63.5 cm³/mol. The Bertz CT molecular complexity index is 466. The first-order chi connectivity index (χ1) is 8.06. The number of carbonyl (C=O) groups excluding carboxylic acids is 1. The topological polar surface area (TPSA) is 69.4 Å².